The lowest BCUT2D eigenvalue weighted by Crippen LogP contribution is -2.26. The largest absolute Gasteiger partial charge is 0.490 e. The molecule has 0 heterocycles. The Kier molecular flexibility index (Phi) is 4.96. The highest BCUT2D eigenvalue weighted by molar-refractivity contribution is 5.29. The van der Waals surface area contributed by atoms with Gasteiger partial charge in [-0.1, -0.05) is 25.5 Å². The Labute approximate surface area is 123 Å². The number of alkyl halides is 3. The van der Waals surface area contributed by atoms with E-state index in [1.54, 1.807) is 0 Å². The van der Waals surface area contributed by atoms with Crippen LogP contribution in [0.2, 0.25) is 0 Å². The summed E-state index contributed by atoms with van der Waals surface area (Å²) in [5.74, 6) is 0.985. The standard InChI is InChI=1S/C17H21F3O/c1-3-4-13-11-16(8-5-12(13)2)21-15-9-6-14(7-10-15)17(18,19)20/h6-7,9-10,13,16H,2-5,8,11H2,1H3. The Balaban J connectivity index is 1.97. The van der Waals surface area contributed by atoms with Crippen molar-refractivity contribution in [3.63, 3.8) is 0 Å². The van der Waals surface area contributed by atoms with Crippen LogP contribution < -0.4 is 4.74 Å². The van der Waals surface area contributed by atoms with E-state index >= 15 is 0 Å². The third-order valence-corrected chi connectivity index (χ3v) is 4.03. The van der Waals surface area contributed by atoms with Gasteiger partial charge >= 0.3 is 6.18 Å². The van der Waals surface area contributed by atoms with Gasteiger partial charge in [0, 0.05) is 0 Å². The second-order valence-corrected chi connectivity index (χ2v) is 5.68. The second kappa shape index (κ2) is 6.54. The molecule has 2 unspecified atom stereocenters. The second-order valence-electron chi connectivity index (χ2n) is 5.68. The molecular formula is C17H21F3O. The van der Waals surface area contributed by atoms with Crippen LogP contribution in [0.4, 0.5) is 13.2 Å². The molecule has 1 saturated carbocycles. The summed E-state index contributed by atoms with van der Waals surface area (Å²) in [5.41, 5.74) is 0.639. The van der Waals surface area contributed by atoms with Crippen LogP contribution >= 0.6 is 0 Å². The minimum atomic E-state index is -4.30. The summed E-state index contributed by atoms with van der Waals surface area (Å²) in [7, 11) is 0. The maximum Gasteiger partial charge on any atom is 0.416 e. The van der Waals surface area contributed by atoms with E-state index in [4.69, 9.17) is 4.74 Å². The van der Waals surface area contributed by atoms with E-state index in [0.29, 0.717) is 11.7 Å². The van der Waals surface area contributed by atoms with E-state index in [1.165, 1.54) is 17.7 Å². The smallest absolute Gasteiger partial charge is 0.416 e. The van der Waals surface area contributed by atoms with E-state index in [1.807, 2.05) is 0 Å². The topological polar surface area (TPSA) is 9.23 Å². The van der Waals surface area contributed by atoms with E-state index in [0.717, 1.165) is 44.2 Å². The van der Waals surface area contributed by atoms with Gasteiger partial charge < -0.3 is 4.74 Å². The minimum Gasteiger partial charge on any atom is -0.490 e. The van der Waals surface area contributed by atoms with Gasteiger partial charge in [-0.05, 0) is 55.9 Å². The summed E-state index contributed by atoms with van der Waals surface area (Å²) in [6.07, 6.45) is 0.725. The average Bonchev–Trinajstić information content (AvgIpc) is 2.42. The van der Waals surface area contributed by atoms with E-state index in [2.05, 4.69) is 13.5 Å². The number of allylic oxidation sites excluding steroid dienone is 1. The molecule has 1 fully saturated rings. The number of benzene rings is 1. The monoisotopic (exact) mass is 298 g/mol. The zero-order chi connectivity index (χ0) is 15.5. The van der Waals surface area contributed by atoms with Crippen molar-refractivity contribution in [1.29, 1.82) is 0 Å². The maximum atomic E-state index is 12.5. The fourth-order valence-electron chi connectivity index (χ4n) is 2.84. The van der Waals surface area contributed by atoms with E-state index < -0.39 is 11.7 Å². The third kappa shape index (κ3) is 4.26. The normalized spacial score (nSPS) is 23.1. The lowest BCUT2D eigenvalue weighted by molar-refractivity contribution is -0.137. The van der Waals surface area contributed by atoms with Gasteiger partial charge in [0.1, 0.15) is 5.75 Å². The van der Waals surface area contributed by atoms with Crippen molar-refractivity contribution in [1.82, 2.24) is 0 Å². The molecule has 1 nitrogen and oxygen atoms in total. The van der Waals surface area contributed by atoms with Crippen molar-refractivity contribution in [2.75, 3.05) is 0 Å². The molecule has 0 saturated heterocycles. The summed E-state index contributed by atoms with van der Waals surface area (Å²) >= 11 is 0. The fourth-order valence-corrected chi connectivity index (χ4v) is 2.84. The van der Waals surface area contributed by atoms with Crippen LogP contribution in [0.3, 0.4) is 0 Å². The van der Waals surface area contributed by atoms with Crippen molar-refractivity contribution in [3.05, 3.63) is 42.0 Å². The summed E-state index contributed by atoms with van der Waals surface area (Å²) < 4.78 is 43.4. The molecule has 4 heteroatoms. The van der Waals surface area contributed by atoms with Crippen molar-refractivity contribution >= 4 is 0 Å². The van der Waals surface area contributed by atoms with Crippen LogP contribution in [-0.2, 0) is 6.18 Å². The van der Waals surface area contributed by atoms with Gasteiger partial charge in [0.25, 0.3) is 0 Å². The molecule has 0 aromatic heterocycles. The molecule has 2 atom stereocenters. The Morgan fingerprint density at radius 1 is 1.24 bits per heavy atom. The molecule has 0 amide bonds. The highest BCUT2D eigenvalue weighted by Gasteiger charge is 2.30. The zero-order valence-corrected chi connectivity index (χ0v) is 12.2. The Morgan fingerprint density at radius 2 is 1.90 bits per heavy atom. The average molecular weight is 298 g/mol. The van der Waals surface area contributed by atoms with E-state index in [9.17, 15) is 13.2 Å². The molecule has 0 spiro atoms. The number of hydrogen-bond donors (Lipinski definition) is 0. The fraction of sp³-hybridized carbons (Fsp3) is 0.529. The quantitative estimate of drug-likeness (QED) is 0.656. The predicted molar refractivity (Wildman–Crippen MR) is 77.2 cm³/mol. The number of halogens is 3. The lowest BCUT2D eigenvalue weighted by atomic mass is 9.81. The minimum absolute atomic E-state index is 0.0730. The van der Waals surface area contributed by atoms with Crippen LogP contribution in [0, 0.1) is 5.92 Å². The van der Waals surface area contributed by atoms with Gasteiger partial charge in [-0.15, -0.1) is 0 Å². The Bertz CT molecular complexity index is 476. The van der Waals surface area contributed by atoms with Gasteiger partial charge in [-0.25, -0.2) is 0 Å². The molecular weight excluding hydrogens is 277 g/mol. The first-order valence-electron chi connectivity index (χ1n) is 7.41. The Hall–Kier alpha value is -1.45. The number of ether oxygens (including phenoxy) is 1. The molecule has 2 rings (SSSR count). The SMILES string of the molecule is C=C1CCC(Oc2ccc(C(F)(F)F)cc2)CC1CCC. The number of hydrogen-bond acceptors (Lipinski definition) is 1. The molecule has 21 heavy (non-hydrogen) atoms. The molecule has 1 aromatic rings. The molecule has 0 radical (unpaired) electrons. The molecule has 116 valence electrons. The van der Waals surface area contributed by atoms with Gasteiger partial charge in [0.2, 0.25) is 0 Å². The van der Waals surface area contributed by atoms with Crippen molar-refractivity contribution < 1.29 is 17.9 Å². The van der Waals surface area contributed by atoms with Crippen LogP contribution in [0.15, 0.2) is 36.4 Å². The summed E-state index contributed by atoms with van der Waals surface area (Å²) in [6, 6.07) is 4.95. The van der Waals surface area contributed by atoms with Crippen LogP contribution in [0.5, 0.6) is 5.75 Å². The first-order valence-corrected chi connectivity index (χ1v) is 7.41. The first-order chi connectivity index (χ1) is 9.90. The summed E-state index contributed by atoms with van der Waals surface area (Å²) in [5, 5.41) is 0. The van der Waals surface area contributed by atoms with Gasteiger partial charge in [0.15, 0.2) is 0 Å². The van der Waals surface area contributed by atoms with Crippen LogP contribution in [0.1, 0.15) is 44.6 Å². The third-order valence-electron chi connectivity index (χ3n) is 4.03. The first kappa shape index (κ1) is 15.9. The highest BCUT2D eigenvalue weighted by atomic mass is 19.4. The zero-order valence-electron chi connectivity index (χ0n) is 12.2. The summed E-state index contributed by atoms with van der Waals surface area (Å²) in [4.78, 5) is 0. The molecule has 0 N–H and O–H groups in total. The Morgan fingerprint density at radius 3 is 2.48 bits per heavy atom. The van der Waals surface area contributed by atoms with E-state index in [-0.39, 0.29) is 6.10 Å². The molecule has 0 aliphatic heterocycles. The highest BCUT2D eigenvalue weighted by Crippen LogP contribution is 2.35. The van der Waals surface area contributed by atoms with Gasteiger partial charge in [0.05, 0.1) is 11.7 Å². The molecule has 1 aromatic carbocycles. The molecule has 1 aliphatic rings. The van der Waals surface area contributed by atoms with Crippen LogP contribution in [-0.4, -0.2) is 6.10 Å². The van der Waals surface area contributed by atoms with Gasteiger partial charge in [-0.2, -0.15) is 13.2 Å². The van der Waals surface area contributed by atoms with Crippen LogP contribution in [0.25, 0.3) is 0 Å². The van der Waals surface area contributed by atoms with Crippen molar-refractivity contribution in [2.24, 2.45) is 5.92 Å². The summed E-state index contributed by atoms with van der Waals surface area (Å²) in [6.45, 7) is 6.26. The van der Waals surface area contributed by atoms with Crippen molar-refractivity contribution in [2.45, 2.75) is 51.3 Å². The van der Waals surface area contributed by atoms with Crippen molar-refractivity contribution in [3.8, 4) is 5.75 Å². The lowest BCUT2D eigenvalue weighted by Gasteiger charge is -2.31. The number of rotatable bonds is 4. The van der Waals surface area contributed by atoms with Gasteiger partial charge in [-0.3, -0.25) is 0 Å². The predicted octanol–water partition coefficient (Wildman–Crippen LogP) is 5.61. The maximum absolute atomic E-state index is 12.5. The molecule has 1 aliphatic carbocycles. The molecule has 0 bridgehead atoms.